The Morgan fingerprint density at radius 2 is 2.18 bits per heavy atom. The largest absolute Gasteiger partial charge is 0.697 e. The number of H-pyrrole nitrogens is 1. The lowest BCUT2D eigenvalue weighted by atomic mass is 10.2. The summed E-state index contributed by atoms with van der Waals surface area (Å²) in [5.74, 6) is -1.04. The number of imidazole rings is 1. The molecule has 154 valence electrons. The molecule has 0 saturated carbocycles. The number of methoxy groups -OCH3 is 1. The van der Waals surface area contributed by atoms with Crippen LogP contribution in [0.2, 0.25) is 0 Å². The van der Waals surface area contributed by atoms with Gasteiger partial charge in [0.05, 0.1) is 12.9 Å². The number of nitrogens with one attached hydrogen (secondary N) is 2. The normalized spacial score (nSPS) is 15.5. The Hall–Kier alpha value is -2.31. The first kappa shape index (κ1) is 22.0. The number of ether oxygens (including phenoxy) is 1. The first-order valence-corrected chi connectivity index (χ1v) is 9.21. The van der Waals surface area contributed by atoms with Crippen LogP contribution in [-0.2, 0) is 18.6 Å². The summed E-state index contributed by atoms with van der Waals surface area (Å²) in [6.07, 6.45) is -4.31. The number of amides is 1. The number of aliphatic hydroxyl groups excluding tert-OH is 1. The molecule has 2 aromatic heterocycles. The van der Waals surface area contributed by atoms with E-state index in [1.807, 2.05) is 0 Å². The van der Waals surface area contributed by atoms with Crippen LogP contribution in [0.3, 0.4) is 0 Å². The van der Waals surface area contributed by atoms with E-state index < -0.39 is 50.7 Å². The van der Waals surface area contributed by atoms with Gasteiger partial charge in [-0.1, -0.05) is 18.4 Å². The van der Waals surface area contributed by atoms with E-state index in [0.29, 0.717) is 0 Å². The number of anilines is 1. The van der Waals surface area contributed by atoms with Crippen LogP contribution in [-0.4, -0.2) is 61.4 Å². The Balaban J connectivity index is 2.55. The maximum Gasteiger partial charge on any atom is 0.697 e. The fourth-order valence-electron chi connectivity index (χ4n) is 2.28. The van der Waals surface area contributed by atoms with Crippen molar-refractivity contribution < 1.29 is 33.0 Å². The van der Waals surface area contributed by atoms with Crippen molar-refractivity contribution in [3.63, 3.8) is 0 Å². The van der Waals surface area contributed by atoms with Gasteiger partial charge in [0.15, 0.2) is 17.3 Å². The van der Waals surface area contributed by atoms with E-state index in [1.54, 1.807) is 13.8 Å². The molecule has 4 atom stereocenters. The summed E-state index contributed by atoms with van der Waals surface area (Å²) in [4.78, 5) is 43.3. The van der Waals surface area contributed by atoms with E-state index in [4.69, 9.17) is 14.2 Å². The molecule has 4 N–H and O–H groups in total. The van der Waals surface area contributed by atoms with Gasteiger partial charge in [0.2, 0.25) is 18.1 Å². The zero-order valence-electron chi connectivity index (χ0n) is 15.2. The van der Waals surface area contributed by atoms with Gasteiger partial charge in [-0.25, -0.2) is 9.37 Å². The predicted molar refractivity (Wildman–Crippen MR) is 94.3 cm³/mol. The highest BCUT2D eigenvalue weighted by atomic mass is 31.1. The van der Waals surface area contributed by atoms with Crippen molar-refractivity contribution in [3.8, 4) is 0 Å². The maximum absolute atomic E-state index is 14.8. The van der Waals surface area contributed by atoms with Gasteiger partial charge in [0.25, 0.3) is 5.56 Å². The van der Waals surface area contributed by atoms with Gasteiger partial charge in [0, 0.05) is 17.6 Å². The maximum atomic E-state index is 14.8. The van der Waals surface area contributed by atoms with Crippen LogP contribution in [0.1, 0.15) is 20.1 Å². The van der Waals surface area contributed by atoms with Crippen LogP contribution in [0.4, 0.5) is 10.3 Å². The van der Waals surface area contributed by atoms with E-state index in [0.717, 1.165) is 18.0 Å². The zero-order valence-corrected chi connectivity index (χ0v) is 16.1. The van der Waals surface area contributed by atoms with Gasteiger partial charge < -0.3 is 9.84 Å². The molecular weight excluding hydrogens is 400 g/mol. The van der Waals surface area contributed by atoms with Crippen molar-refractivity contribution in [2.45, 2.75) is 32.4 Å². The minimum Gasteiger partial charge on any atom is -0.394 e. The molecule has 0 fully saturated rings. The summed E-state index contributed by atoms with van der Waals surface area (Å²) in [7, 11) is -2.13. The van der Waals surface area contributed by atoms with Crippen molar-refractivity contribution in [2.75, 3.05) is 19.0 Å². The molecule has 1 unspecified atom stereocenters. The SMILES string of the molecule is CO[C@H](CO)[C@@H](F)[C@@H](O[P+](=O)O)n1cnc2c(=O)[nH]c(NC(=O)C(C)C)nc21. The summed E-state index contributed by atoms with van der Waals surface area (Å²) in [5, 5.41) is 11.6. The molecule has 0 aliphatic heterocycles. The highest BCUT2D eigenvalue weighted by molar-refractivity contribution is 7.32. The van der Waals surface area contributed by atoms with Crippen molar-refractivity contribution in [1.82, 2.24) is 19.5 Å². The molecule has 0 spiro atoms. The highest BCUT2D eigenvalue weighted by Gasteiger charge is 2.39. The first-order valence-electron chi connectivity index (χ1n) is 8.07. The number of alkyl halides is 1. The lowest BCUT2D eigenvalue weighted by Crippen LogP contribution is -2.36. The van der Waals surface area contributed by atoms with Gasteiger partial charge in [-0.05, 0) is 0 Å². The van der Waals surface area contributed by atoms with Crippen LogP contribution < -0.4 is 10.9 Å². The van der Waals surface area contributed by atoms with E-state index in [9.17, 15) is 23.7 Å². The van der Waals surface area contributed by atoms with Crippen molar-refractivity contribution in [2.24, 2.45) is 5.92 Å². The monoisotopic (exact) mass is 420 g/mol. The standard InChI is InChI=1S/C14H19FN5O7P/c1-6(2)11(22)18-14-17-10-9(12(23)19-14)16-5-20(10)13(27-28(24)25)8(15)7(4-21)26-3/h5-8,13,21H,4H2,1-3H3,(H2-,17,18,19,22,23,24,25)/p+1/t7-,8-,13-/m1/s1. The predicted octanol–water partition coefficient (Wildman–Crippen LogP) is 0.224. The number of fused-ring (bicyclic) bond motifs is 1. The topological polar surface area (TPSA) is 169 Å². The number of carbonyl (C=O) groups excluding carboxylic acids is 1. The van der Waals surface area contributed by atoms with Crippen molar-refractivity contribution in [3.05, 3.63) is 16.7 Å². The number of aliphatic hydroxyl groups is 1. The number of nitrogens with zero attached hydrogens (tertiary/aromatic N) is 3. The Kier molecular flexibility index (Phi) is 7.27. The molecule has 1 amide bonds. The third-order valence-corrected chi connectivity index (χ3v) is 4.18. The lowest BCUT2D eigenvalue weighted by molar-refractivity contribution is -0.118. The molecular formula is C14H20FN5O7P+. The van der Waals surface area contributed by atoms with E-state index in [1.165, 1.54) is 0 Å². The van der Waals surface area contributed by atoms with Gasteiger partial charge >= 0.3 is 8.25 Å². The average Bonchev–Trinajstić information content (AvgIpc) is 3.04. The average molecular weight is 420 g/mol. The van der Waals surface area contributed by atoms with Gasteiger partial charge in [-0.15, -0.1) is 4.89 Å². The number of rotatable bonds is 9. The molecule has 2 aromatic rings. The molecule has 2 heterocycles. The smallest absolute Gasteiger partial charge is 0.394 e. The molecule has 0 aromatic carbocycles. The number of hydrogen-bond acceptors (Lipinski definition) is 8. The Bertz CT molecular complexity index is 913. The van der Waals surface area contributed by atoms with Crippen LogP contribution in [0.15, 0.2) is 11.1 Å². The third-order valence-electron chi connectivity index (χ3n) is 3.78. The molecule has 0 aliphatic rings. The lowest BCUT2D eigenvalue weighted by Gasteiger charge is -2.22. The third kappa shape index (κ3) is 4.75. The molecule has 0 aliphatic carbocycles. The van der Waals surface area contributed by atoms with E-state index in [-0.39, 0.29) is 17.1 Å². The minimum absolute atomic E-state index is 0.208. The first-order chi connectivity index (χ1) is 13.2. The quantitative estimate of drug-likeness (QED) is 0.415. The molecule has 0 bridgehead atoms. The number of aromatic amines is 1. The highest BCUT2D eigenvalue weighted by Crippen LogP contribution is 2.32. The van der Waals surface area contributed by atoms with Crippen LogP contribution in [0.5, 0.6) is 0 Å². The van der Waals surface area contributed by atoms with Gasteiger partial charge in [-0.3, -0.25) is 24.5 Å². The van der Waals surface area contributed by atoms with E-state index >= 15 is 0 Å². The second-order valence-electron chi connectivity index (χ2n) is 6.02. The number of halogens is 1. The second-order valence-corrected chi connectivity index (χ2v) is 6.70. The minimum atomic E-state index is -3.26. The van der Waals surface area contributed by atoms with Crippen LogP contribution in [0, 0.1) is 5.92 Å². The Morgan fingerprint density at radius 1 is 1.50 bits per heavy atom. The Morgan fingerprint density at radius 3 is 2.71 bits per heavy atom. The summed E-state index contributed by atoms with van der Waals surface area (Å²) >= 11 is 0. The van der Waals surface area contributed by atoms with Crippen LogP contribution >= 0.6 is 8.25 Å². The van der Waals surface area contributed by atoms with E-state index in [2.05, 4.69) is 20.3 Å². The second kappa shape index (κ2) is 9.26. The summed E-state index contributed by atoms with van der Waals surface area (Å²) in [5.41, 5.74) is -1.15. The molecule has 2 rings (SSSR count). The van der Waals surface area contributed by atoms with Crippen LogP contribution in [0.25, 0.3) is 11.2 Å². The zero-order chi connectivity index (χ0) is 21.0. The molecule has 12 nitrogen and oxygen atoms in total. The van der Waals surface area contributed by atoms with Crippen molar-refractivity contribution in [1.29, 1.82) is 0 Å². The van der Waals surface area contributed by atoms with Gasteiger partial charge in [0.1, 0.15) is 6.10 Å². The fraction of sp³-hybridized carbons (Fsp3) is 0.571. The fourth-order valence-corrected chi connectivity index (χ4v) is 2.68. The summed E-state index contributed by atoms with van der Waals surface area (Å²) in [6, 6.07) is 0. The summed E-state index contributed by atoms with van der Waals surface area (Å²) in [6.45, 7) is 2.52. The molecule has 0 saturated heterocycles. The molecule has 28 heavy (non-hydrogen) atoms. The number of carbonyl (C=O) groups is 1. The van der Waals surface area contributed by atoms with Crippen molar-refractivity contribution >= 4 is 31.3 Å². The number of hydrogen-bond donors (Lipinski definition) is 4. The van der Waals surface area contributed by atoms with Gasteiger partial charge in [-0.2, -0.15) is 4.98 Å². The summed E-state index contributed by atoms with van der Waals surface area (Å²) < 4.78 is 36.4. The number of aromatic nitrogens is 4. The molecule has 0 radical (unpaired) electrons. The molecule has 14 heteroatoms. The Labute approximate surface area is 158 Å².